The number of aliphatic hydroxyl groups is 1. The molecule has 2 atom stereocenters. The number of amides is 2. The molecule has 0 aliphatic carbocycles. The molecule has 0 aromatic heterocycles. The van der Waals surface area contributed by atoms with E-state index in [9.17, 15) is 9.59 Å². The number of aliphatic hydroxyl groups excluding tert-OH is 1. The monoisotopic (exact) mass is 141 g/mol. The molecular formula is C6H7NO3. The summed E-state index contributed by atoms with van der Waals surface area (Å²) in [6.07, 6.45) is -0.0515. The summed E-state index contributed by atoms with van der Waals surface area (Å²) in [5.74, 6) is -0.562. The third-order valence-corrected chi connectivity index (χ3v) is 2.06. The minimum absolute atomic E-state index is 0.00926. The molecule has 2 unspecified atom stereocenters. The Labute approximate surface area is 57.4 Å². The molecule has 54 valence electrons. The zero-order chi connectivity index (χ0) is 7.30. The van der Waals surface area contributed by atoms with Crippen molar-refractivity contribution >= 4 is 11.8 Å². The van der Waals surface area contributed by atoms with Crippen LogP contribution >= 0.6 is 0 Å². The highest BCUT2D eigenvalue weighted by molar-refractivity contribution is 6.04. The fraction of sp³-hybridized carbons (Fsp3) is 0.667. The first kappa shape index (κ1) is 5.85. The maximum atomic E-state index is 10.8. The van der Waals surface area contributed by atoms with Crippen molar-refractivity contribution in [2.45, 2.75) is 25.0 Å². The summed E-state index contributed by atoms with van der Waals surface area (Å²) in [4.78, 5) is 22.7. The van der Waals surface area contributed by atoms with Gasteiger partial charge >= 0.3 is 0 Å². The van der Waals surface area contributed by atoms with Crippen LogP contribution in [-0.2, 0) is 9.59 Å². The lowest BCUT2D eigenvalue weighted by molar-refractivity contribution is -0.154. The molecule has 2 fully saturated rings. The van der Waals surface area contributed by atoms with Gasteiger partial charge in [-0.15, -0.1) is 0 Å². The lowest BCUT2D eigenvalue weighted by Gasteiger charge is -2.31. The number of hydrogen-bond acceptors (Lipinski definition) is 3. The van der Waals surface area contributed by atoms with Crippen LogP contribution in [0.2, 0.25) is 0 Å². The van der Waals surface area contributed by atoms with E-state index in [4.69, 9.17) is 5.11 Å². The van der Waals surface area contributed by atoms with E-state index in [0.717, 1.165) is 4.90 Å². The van der Waals surface area contributed by atoms with Gasteiger partial charge < -0.3 is 5.11 Å². The Kier molecular flexibility index (Phi) is 0.922. The molecule has 2 amide bonds. The molecule has 2 heterocycles. The Bertz CT molecular complexity index is 213. The van der Waals surface area contributed by atoms with Gasteiger partial charge in [-0.25, -0.2) is 0 Å². The first-order valence-electron chi connectivity index (χ1n) is 3.24. The van der Waals surface area contributed by atoms with Gasteiger partial charge in [0.15, 0.2) is 0 Å². The van der Waals surface area contributed by atoms with Crippen molar-refractivity contribution in [1.82, 2.24) is 4.90 Å². The molecule has 0 saturated carbocycles. The van der Waals surface area contributed by atoms with Crippen LogP contribution in [0.1, 0.15) is 12.8 Å². The largest absolute Gasteiger partial charge is 0.383 e. The van der Waals surface area contributed by atoms with E-state index >= 15 is 0 Å². The molecule has 2 aliphatic rings. The molecule has 2 aliphatic heterocycles. The van der Waals surface area contributed by atoms with Gasteiger partial charge in [-0.2, -0.15) is 0 Å². The van der Waals surface area contributed by atoms with Crippen molar-refractivity contribution in [1.29, 1.82) is 0 Å². The zero-order valence-corrected chi connectivity index (χ0v) is 5.28. The topological polar surface area (TPSA) is 57.6 Å². The van der Waals surface area contributed by atoms with Gasteiger partial charge in [0, 0.05) is 12.8 Å². The van der Waals surface area contributed by atoms with E-state index in [1.807, 2.05) is 0 Å². The Morgan fingerprint density at radius 2 is 2.20 bits per heavy atom. The smallest absolute Gasteiger partial charge is 0.258 e. The van der Waals surface area contributed by atoms with Crippen molar-refractivity contribution in [2.24, 2.45) is 0 Å². The minimum atomic E-state index is -0.920. The highest BCUT2D eigenvalue weighted by atomic mass is 16.3. The van der Waals surface area contributed by atoms with Crippen LogP contribution in [-0.4, -0.2) is 34.0 Å². The number of hydrogen-bond donors (Lipinski definition) is 1. The maximum Gasteiger partial charge on any atom is 0.258 e. The number of nitrogens with zero attached hydrogens (tertiary/aromatic N) is 1. The summed E-state index contributed by atoms with van der Waals surface area (Å²) in [6, 6.07) is 0.00926. The minimum Gasteiger partial charge on any atom is -0.383 e. The normalized spacial score (nSPS) is 37.9. The van der Waals surface area contributed by atoms with Crippen LogP contribution in [0.5, 0.6) is 0 Å². The van der Waals surface area contributed by atoms with Crippen LogP contribution in [0.4, 0.5) is 0 Å². The quantitative estimate of drug-likeness (QED) is 0.343. The second-order valence-corrected chi connectivity index (χ2v) is 2.71. The fourth-order valence-electron chi connectivity index (χ4n) is 1.49. The standard InChI is InChI=1S/C6H7NO3/c8-4-1-3-2-5(9)7(3)6(4)10/h3-4,8H,1-2H2. The van der Waals surface area contributed by atoms with Gasteiger partial charge in [0.1, 0.15) is 6.10 Å². The van der Waals surface area contributed by atoms with Crippen molar-refractivity contribution in [2.75, 3.05) is 0 Å². The summed E-state index contributed by atoms with van der Waals surface area (Å²) >= 11 is 0. The van der Waals surface area contributed by atoms with Crippen LogP contribution in [0, 0.1) is 0 Å². The van der Waals surface area contributed by atoms with Crippen LogP contribution < -0.4 is 0 Å². The predicted molar refractivity (Wildman–Crippen MR) is 30.9 cm³/mol. The summed E-state index contributed by atoms with van der Waals surface area (Å²) in [5.41, 5.74) is 0. The van der Waals surface area contributed by atoms with Crippen LogP contribution in [0.25, 0.3) is 0 Å². The van der Waals surface area contributed by atoms with E-state index in [1.54, 1.807) is 0 Å². The third-order valence-electron chi connectivity index (χ3n) is 2.06. The summed E-state index contributed by atoms with van der Waals surface area (Å²) in [6.45, 7) is 0. The van der Waals surface area contributed by atoms with Crippen molar-refractivity contribution in [3.8, 4) is 0 Å². The van der Waals surface area contributed by atoms with E-state index in [2.05, 4.69) is 0 Å². The third kappa shape index (κ3) is 0.495. The van der Waals surface area contributed by atoms with Crippen LogP contribution in [0.15, 0.2) is 0 Å². The van der Waals surface area contributed by atoms with Crippen molar-refractivity contribution < 1.29 is 14.7 Å². The second-order valence-electron chi connectivity index (χ2n) is 2.71. The predicted octanol–water partition coefficient (Wildman–Crippen LogP) is -1.12. The maximum absolute atomic E-state index is 10.8. The Hall–Kier alpha value is -0.900. The summed E-state index contributed by atoms with van der Waals surface area (Å²) in [7, 11) is 0. The number of fused-ring (bicyclic) bond motifs is 1. The SMILES string of the molecule is O=C1CC2CC(O)C(=O)N12. The molecule has 4 heteroatoms. The molecule has 4 nitrogen and oxygen atoms in total. The highest BCUT2D eigenvalue weighted by Crippen LogP contribution is 2.30. The van der Waals surface area contributed by atoms with Crippen molar-refractivity contribution in [3.63, 3.8) is 0 Å². The molecule has 1 N–H and O–H groups in total. The number of carbonyl (C=O) groups is 2. The second kappa shape index (κ2) is 1.58. The first-order chi connectivity index (χ1) is 4.70. The number of carbonyl (C=O) groups excluding carboxylic acids is 2. The molecule has 2 saturated heterocycles. The van der Waals surface area contributed by atoms with Gasteiger partial charge in [0.2, 0.25) is 5.91 Å². The van der Waals surface area contributed by atoms with E-state index in [0.29, 0.717) is 12.8 Å². The molecule has 0 aromatic rings. The van der Waals surface area contributed by atoms with Crippen molar-refractivity contribution in [3.05, 3.63) is 0 Å². The fourth-order valence-corrected chi connectivity index (χ4v) is 1.49. The van der Waals surface area contributed by atoms with Gasteiger partial charge in [0.05, 0.1) is 6.04 Å². The molecule has 10 heavy (non-hydrogen) atoms. The lowest BCUT2D eigenvalue weighted by Crippen LogP contribution is -2.50. The number of rotatable bonds is 0. The average Bonchev–Trinajstić information content (AvgIpc) is 2.05. The number of β-lactam (4-membered cyclic amide) rings is 1. The summed E-state index contributed by atoms with van der Waals surface area (Å²) < 4.78 is 0. The van der Waals surface area contributed by atoms with E-state index in [1.165, 1.54) is 0 Å². The Morgan fingerprint density at radius 1 is 1.50 bits per heavy atom. The summed E-state index contributed by atoms with van der Waals surface area (Å²) in [5, 5.41) is 8.95. The van der Waals surface area contributed by atoms with Crippen LogP contribution in [0.3, 0.4) is 0 Å². The van der Waals surface area contributed by atoms with Gasteiger partial charge in [-0.05, 0) is 0 Å². The average molecular weight is 141 g/mol. The Morgan fingerprint density at radius 3 is 2.60 bits per heavy atom. The molecule has 0 bridgehead atoms. The molecular weight excluding hydrogens is 134 g/mol. The Balaban J connectivity index is 2.23. The lowest BCUT2D eigenvalue weighted by atomic mass is 10.0. The highest BCUT2D eigenvalue weighted by Gasteiger charge is 2.49. The van der Waals surface area contributed by atoms with E-state index in [-0.39, 0.29) is 11.9 Å². The molecule has 0 aromatic carbocycles. The number of imide groups is 1. The molecule has 0 spiro atoms. The van der Waals surface area contributed by atoms with Gasteiger partial charge in [-0.1, -0.05) is 0 Å². The first-order valence-corrected chi connectivity index (χ1v) is 3.24. The molecule has 2 rings (SSSR count). The van der Waals surface area contributed by atoms with Gasteiger partial charge in [0.25, 0.3) is 5.91 Å². The zero-order valence-electron chi connectivity index (χ0n) is 5.28. The van der Waals surface area contributed by atoms with Gasteiger partial charge in [-0.3, -0.25) is 14.5 Å². The van der Waals surface area contributed by atoms with E-state index < -0.39 is 12.0 Å². The molecule has 0 radical (unpaired) electrons.